The minimum Gasteiger partial charge on any atom is -0.352 e. The molecule has 0 fully saturated rings. The zero-order valence-corrected chi connectivity index (χ0v) is 16.3. The predicted octanol–water partition coefficient (Wildman–Crippen LogP) is 3.21. The second-order valence-corrected chi connectivity index (χ2v) is 6.71. The Hall–Kier alpha value is -2.80. The SMILES string of the molecule is CN=C(NCc1ccc(-n2ccnc2)c(F)c1)N(C)Cc1cc(Cl)cn1C. The zero-order chi connectivity index (χ0) is 19.4. The molecule has 0 aliphatic carbocycles. The molecule has 0 spiro atoms. The van der Waals surface area contributed by atoms with Gasteiger partial charge in [0.15, 0.2) is 5.96 Å². The van der Waals surface area contributed by atoms with E-state index in [1.54, 1.807) is 36.4 Å². The van der Waals surface area contributed by atoms with Gasteiger partial charge in [0, 0.05) is 52.0 Å². The Kier molecular flexibility index (Phi) is 5.81. The van der Waals surface area contributed by atoms with Crippen molar-refractivity contribution in [2.45, 2.75) is 13.1 Å². The highest BCUT2D eigenvalue weighted by Crippen LogP contribution is 2.16. The number of hydrogen-bond donors (Lipinski definition) is 1. The molecule has 0 saturated carbocycles. The minimum absolute atomic E-state index is 0.297. The second kappa shape index (κ2) is 8.26. The van der Waals surface area contributed by atoms with Gasteiger partial charge in [-0.1, -0.05) is 17.7 Å². The maximum Gasteiger partial charge on any atom is 0.194 e. The lowest BCUT2D eigenvalue weighted by Crippen LogP contribution is -2.38. The first-order chi connectivity index (χ1) is 13.0. The quantitative estimate of drug-likeness (QED) is 0.539. The number of benzene rings is 1. The molecule has 0 unspecified atom stereocenters. The summed E-state index contributed by atoms with van der Waals surface area (Å²) in [6.07, 6.45) is 6.77. The van der Waals surface area contributed by atoms with Crippen LogP contribution >= 0.6 is 11.6 Å². The molecule has 2 aromatic heterocycles. The van der Waals surface area contributed by atoms with E-state index >= 15 is 0 Å². The van der Waals surface area contributed by atoms with Gasteiger partial charge in [-0.2, -0.15) is 0 Å². The van der Waals surface area contributed by atoms with Crippen LogP contribution in [-0.4, -0.2) is 39.1 Å². The van der Waals surface area contributed by atoms with E-state index in [1.807, 2.05) is 41.9 Å². The normalized spacial score (nSPS) is 11.7. The molecule has 27 heavy (non-hydrogen) atoms. The largest absolute Gasteiger partial charge is 0.352 e. The monoisotopic (exact) mass is 388 g/mol. The number of aromatic nitrogens is 3. The molecular formula is C19H22ClFN6. The van der Waals surface area contributed by atoms with Crippen molar-refractivity contribution < 1.29 is 4.39 Å². The number of aliphatic imine (C=N–C) groups is 1. The van der Waals surface area contributed by atoms with Gasteiger partial charge in [-0.15, -0.1) is 0 Å². The molecule has 0 bridgehead atoms. The van der Waals surface area contributed by atoms with Crippen LogP contribution < -0.4 is 5.32 Å². The third-order valence-corrected chi connectivity index (χ3v) is 4.50. The van der Waals surface area contributed by atoms with Gasteiger partial charge in [0.25, 0.3) is 0 Å². The molecule has 0 amide bonds. The summed E-state index contributed by atoms with van der Waals surface area (Å²) in [4.78, 5) is 10.2. The standard InChI is InChI=1S/C19H22ClFN6/c1-22-19(26(3)12-16-9-15(20)11-25(16)2)24-10-14-4-5-18(17(21)8-14)27-7-6-23-13-27/h4-9,11,13H,10,12H2,1-3H3,(H,22,24). The van der Waals surface area contributed by atoms with Crippen molar-refractivity contribution in [2.24, 2.45) is 12.0 Å². The predicted molar refractivity (Wildman–Crippen MR) is 106 cm³/mol. The van der Waals surface area contributed by atoms with Crippen molar-refractivity contribution >= 4 is 17.6 Å². The smallest absolute Gasteiger partial charge is 0.194 e. The maximum absolute atomic E-state index is 14.4. The van der Waals surface area contributed by atoms with E-state index in [4.69, 9.17) is 11.6 Å². The Morgan fingerprint density at radius 1 is 1.37 bits per heavy atom. The Morgan fingerprint density at radius 3 is 2.78 bits per heavy atom. The van der Waals surface area contributed by atoms with Crippen LogP contribution in [0.3, 0.4) is 0 Å². The Bertz CT molecular complexity index is 932. The number of hydrogen-bond acceptors (Lipinski definition) is 2. The van der Waals surface area contributed by atoms with Crippen LogP contribution in [0, 0.1) is 5.82 Å². The topological polar surface area (TPSA) is 50.4 Å². The number of rotatable bonds is 5. The van der Waals surface area contributed by atoms with Crippen molar-refractivity contribution in [3.8, 4) is 5.69 Å². The molecule has 0 aliphatic rings. The Balaban J connectivity index is 1.64. The molecule has 3 aromatic rings. The molecule has 6 nitrogen and oxygen atoms in total. The van der Waals surface area contributed by atoms with Gasteiger partial charge in [0.05, 0.1) is 23.6 Å². The molecule has 8 heteroatoms. The third kappa shape index (κ3) is 4.49. The van der Waals surface area contributed by atoms with Crippen LogP contribution in [0.15, 0.2) is 54.2 Å². The van der Waals surface area contributed by atoms with Gasteiger partial charge in [-0.25, -0.2) is 9.37 Å². The van der Waals surface area contributed by atoms with Crippen molar-refractivity contribution in [1.29, 1.82) is 0 Å². The number of guanidine groups is 1. The van der Waals surface area contributed by atoms with Crippen LogP contribution in [-0.2, 0) is 20.1 Å². The number of halogens is 2. The van der Waals surface area contributed by atoms with Crippen LogP contribution in [0.1, 0.15) is 11.3 Å². The lowest BCUT2D eigenvalue weighted by atomic mass is 10.2. The van der Waals surface area contributed by atoms with Crippen molar-refractivity contribution in [3.63, 3.8) is 0 Å². The first-order valence-corrected chi connectivity index (χ1v) is 8.85. The maximum atomic E-state index is 14.4. The fraction of sp³-hybridized carbons (Fsp3) is 0.263. The van der Waals surface area contributed by atoms with Crippen LogP contribution in [0.2, 0.25) is 5.02 Å². The first-order valence-electron chi connectivity index (χ1n) is 8.47. The number of imidazole rings is 1. The van der Waals surface area contributed by atoms with E-state index in [0.717, 1.165) is 11.3 Å². The molecule has 0 aliphatic heterocycles. The van der Waals surface area contributed by atoms with Gasteiger partial charge in [-0.3, -0.25) is 4.99 Å². The van der Waals surface area contributed by atoms with Crippen LogP contribution in [0.4, 0.5) is 4.39 Å². The average molecular weight is 389 g/mol. The lowest BCUT2D eigenvalue weighted by molar-refractivity contribution is 0.461. The molecular weight excluding hydrogens is 367 g/mol. The fourth-order valence-electron chi connectivity index (χ4n) is 2.88. The van der Waals surface area contributed by atoms with E-state index in [2.05, 4.69) is 15.3 Å². The van der Waals surface area contributed by atoms with E-state index in [0.29, 0.717) is 29.8 Å². The average Bonchev–Trinajstić information content (AvgIpc) is 3.25. The molecule has 1 aromatic carbocycles. The van der Waals surface area contributed by atoms with E-state index < -0.39 is 0 Å². The molecule has 142 valence electrons. The lowest BCUT2D eigenvalue weighted by Gasteiger charge is -2.22. The summed E-state index contributed by atoms with van der Waals surface area (Å²) < 4.78 is 18.0. The van der Waals surface area contributed by atoms with Crippen molar-refractivity contribution in [2.75, 3.05) is 14.1 Å². The molecule has 1 N–H and O–H groups in total. The van der Waals surface area contributed by atoms with Gasteiger partial charge >= 0.3 is 0 Å². The minimum atomic E-state index is -0.297. The third-order valence-electron chi connectivity index (χ3n) is 4.29. The number of nitrogens with one attached hydrogen (secondary N) is 1. The summed E-state index contributed by atoms with van der Waals surface area (Å²) in [6.45, 7) is 1.11. The second-order valence-electron chi connectivity index (χ2n) is 6.27. The summed E-state index contributed by atoms with van der Waals surface area (Å²) >= 11 is 6.04. The highest BCUT2D eigenvalue weighted by Gasteiger charge is 2.11. The highest BCUT2D eigenvalue weighted by molar-refractivity contribution is 6.30. The summed E-state index contributed by atoms with van der Waals surface area (Å²) in [7, 11) is 5.62. The number of nitrogens with zero attached hydrogens (tertiary/aromatic N) is 5. The summed E-state index contributed by atoms with van der Waals surface area (Å²) in [6, 6.07) is 7.07. The van der Waals surface area contributed by atoms with E-state index in [-0.39, 0.29) is 5.82 Å². The zero-order valence-electron chi connectivity index (χ0n) is 15.5. The highest BCUT2D eigenvalue weighted by atomic mass is 35.5. The molecule has 0 radical (unpaired) electrons. The molecule has 3 rings (SSSR count). The van der Waals surface area contributed by atoms with Crippen molar-refractivity contribution in [3.05, 3.63) is 71.3 Å². The van der Waals surface area contributed by atoms with E-state index in [1.165, 1.54) is 6.07 Å². The Labute approximate surface area is 162 Å². The number of aryl methyl sites for hydroxylation is 1. The molecule has 0 atom stereocenters. The molecule has 0 saturated heterocycles. The fourth-order valence-corrected chi connectivity index (χ4v) is 3.15. The van der Waals surface area contributed by atoms with Gasteiger partial charge in [-0.05, 0) is 23.8 Å². The Morgan fingerprint density at radius 2 is 2.19 bits per heavy atom. The van der Waals surface area contributed by atoms with Crippen LogP contribution in [0.25, 0.3) is 5.69 Å². The summed E-state index contributed by atoms with van der Waals surface area (Å²) in [5.41, 5.74) is 2.37. The van der Waals surface area contributed by atoms with Crippen LogP contribution in [0.5, 0.6) is 0 Å². The van der Waals surface area contributed by atoms with E-state index in [9.17, 15) is 4.39 Å². The van der Waals surface area contributed by atoms with Crippen molar-refractivity contribution in [1.82, 2.24) is 24.3 Å². The van der Waals surface area contributed by atoms with Gasteiger partial charge in [0.1, 0.15) is 5.82 Å². The summed E-state index contributed by atoms with van der Waals surface area (Å²) in [5.74, 6) is 0.417. The molecule has 2 heterocycles. The first kappa shape index (κ1) is 19.0. The van der Waals surface area contributed by atoms with Gasteiger partial charge in [0.2, 0.25) is 0 Å². The van der Waals surface area contributed by atoms with Gasteiger partial charge < -0.3 is 19.4 Å². The summed E-state index contributed by atoms with van der Waals surface area (Å²) in [5, 5.41) is 3.97.